The predicted octanol–water partition coefficient (Wildman–Crippen LogP) is 4.97. The van der Waals surface area contributed by atoms with Crippen LogP contribution in [0.1, 0.15) is 44.7 Å². The summed E-state index contributed by atoms with van der Waals surface area (Å²) in [5.41, 5.74) is 1.50. The van der Waals surface area contributed by atoms with Gasteiger partial charge in [0.2, 0.25) is 0 Å². The Morgan fingerprint density at radius 1 is 1.14 bits per heavy atom. The predicted molar refractivity (Wildman–Crippen MR) is 111 cm³/mol. The number of amides is 1. The molecule has 2 heterocycles. The first-order chi connectivity index (χ1) is 13.8. The Hall–Kier alpha value is -2.69. The summed E-state index contributed by atoms with van der Waals surface area (Å²) in [7, 11) is 0. The van der Waals surface area contributed by atoms with Crippen LogP contribution < -0.4 is 9.47 Å². The second kappa shape index (κ2) is 7.62. The number of likely N-dealkylation sites (tertiary alicyclic amines) is 1. The van der Waals surface area contributed by atoms with Crippen molar-refractivity contribution in [1.29, 1.82) is 0 Å². The Balaban J connectivity index is 1.42. The monoisotopic (exact) mass is 395 g/mol. The molecule has 0 radical (unpaired) electrons. The maximum atomic E-state index is 12.4. The average Bonchev–Trinajstić information content (AvgIpc) is 3.09. The van der Waals surface area contributed by atoms with Gasteiger partial charge >= 0.3 is 6.09 Å². The number of aryl methyl sites for hydroxylation is 1. The molecule has 0 aromatic heterocycles. The van der Waals surface area contributed by atoms with Gasteiger partial charge in [0.25, 0.3) is 0 Å². The zero-order chi connectivity index (χ0) is 20.5. The van der Waals surface area contributed by atoms with Gasteiger partial charge in [-0.15, -0.1) is 0 Å². The molecule has 5 nitrogen and oxygen atoms in total. The van der Waals surface area contributed by atoms with Gasteiger partial charge in [-0.1, -0.05) is 36.4 Å². The van der Waals surface area contributed by atoms with Gasteiger partial charge in [0, 0.05) is 19.0 Å². The summed E-state index contributed by atoms with van der Waals surface area (Å²) in [4.78, 5) is 14.2. The highest BCUT2D eigenvalue weighted by molar-refractivity contribution is 5.68. The molecule has 2 aromatic rings. The molecule has 0 unspecified atom stereocenters. The van der Waals surface area contributed by atoms with E-state index >= 15 is 0 Å². The van der Waals surface area contributed by atoms with Crippen molar-refractivity contribution in [2.45, 2.75) is 57.8 Å². The van der Waals surface area contributed by atoms with Crippen molar-refractivity contribution in [3.05, 3.63) is 59.7 Å². The van der Waals surface area contributed by atoms with E-state index in [1.54, 1.807) is 4.90 Å². The van der Waals surface area contributed by atoms with Crippen LogP contribution in [0.3, 0.4) is 0 Å². The van der Waals surface area contributed by atoms with Gasteiger partial charge in [-0.2, -0.15) is 0 Å². The van der Waals surface area contributed by atoms with E-state index in [0.717, 1.165) is 36.3 Å². The summed E-state index contributed by atoms with van der Waals surface area (Å²) in [5, 5.41) is 0. The number of hydrogen-bond donors (Lipinski definition) is 0. The highest BCUT2D eigenvalue weighted by Crippen LogP contribution is 2.40. The zero-order valence-electron chi connectivity index (χ0n) is 17.4. The molecule has 0 bridgehead atoms. The summed E-state index contributed by atoms with van der Waals surface area (Å²) < 4.78 is 17.9. The third kappa shape index (κ3) is 4.66. The van der Waals surface area contributed by atoms with E-state index in [1.165, 1.54) is 5.56 Å². The maximum Gasteiger partial charge on any atom is 0.410 e. The first kappa shape index (κ1) is 19.6. The summed E-state index contributed by atoms with van der Waals surface area (Å²) in [5.74, 6) is 1.67. The molecule has 2 aromatic carbocycles. The topological polar surface area (TPSA) is 48.0 Å². The molecule has 1 fully saturated rings. The molecule has 0 N–H and O–H groups in total. The summed E-state index contributed by atoms with van der Waals surface area (Å²) in [6.07, 6.45) is 2.41. The van der Waals surface area contributed by atoms with Crippen LogP contribution in [0.15, 0.2) is 48.5 Å². The second-order valence-corrected chi connectivity index (χ2v) is 8.98. The normalized spacial score (nSPS) is 20.9. The molecule has 29 heavy (non-hydrogen) atoms. The van der Waals surface area contributed by atoms with Crippen LogP contribution in [-0.2, 0) is 17.8 Å². The van der Waals surface area contributed by atoms with E-state index in [-0.39, 0.29) is 11.7 Å². The van der Waals surface area contributed by atoms with Crippen molar-refractivity contribution in [3.8, 4) is 11.5 Å². The van der Waals surface area contributed by atoms with Gasteiger partial charge in [-0.25, -0.2) is 4.79 Å². The Bertz CT molecular complexity index is 874. The number of nitrogens with zero attached hydrogens (tertiary/aromatic N) is 1. The molecule has 0 aliphatic carbocycles. The minimum atomic E-state index is -0.488. The van der Waals surface area contributed by atoms with Crippen molar-refractivity contribution in [3.63, 3.8) is 0 Å². The lowest BCUT2D eigenvalue weighted by molar-refractivity contribution is 0.0170. The van der Waals surface area contributed by atoms with Gasteiger partial charge in [-0.05, 0) is 50.8 Å². The highest BCUT2D eigenvalue weighted by atomic mass is 16.6. The standard InChI is InChI=1S/C24H29NO4/c1-23(2,3)29-22(26)25-14-13-24(17-25)12-11-19-9-10-20(15-21(19)28-24)27-16-18-7-5-4-6-8-18/h4-10,15H,11-14,16-17H2,1-3H3/t24-/m0/s1. The van der Waals surface area contributed by atoms with Crippen LogP contribution in [0.2, 0.25) is 0 Å². The van der Waals surface area contributed by atoms with E-state index in [9.17, 15) is 4.79 Å². The molecular weight excluding hydrogens is 366 g/mol. The summed E-state index contributed by atoms with van der Waals surface area (Å²) in [6.45, 7) is 7.42. The molecular formula is C24H29NO4. The highest BCUT2D eigenvalue weighted by Gasteiger charge is 2.45. The smallest absolute Gasteiger partial charge is 0.410 e. The molecule has 5 heteroatoms. The zero-order valence-corrected chi connectivity index (χ0v) is 17.4. The molecule has 2 aliphatic heterocycles. The Labute approximate surface area is 172 Å². The Kier molecular flexibility index (Phi) is 5.15. The Morgan fingerprint density at radius 2 is 1.93 bits per heavy atom. The molecule has 2 aliphatic rings. The van der Waals surface area contributed by atoms with Crippen molar-refractivity contribution >= 4 is 6.09 Å². The maximum absolute atomic E-state index is 12.4. The first-order valence-electron chi connectivity index (χ1n) is 10.3. The van der Waals surface area contributed by atoms with Crippen LogP contribution in [0.5, 0.6) is 11.5 Å². The van der Waals surface area contributed by atoms with Gasteiger partial charge in [0.05, 0.1) is 6.54 Å². The van der Waals surface area contributed by atoms with Gasteiger partial charge in [-0.3, -0.25) is 0 Å². The number of hydrogen-bond acceptors (Lipinski definition) is 4. The quantitative estimate of drug-likeness (QED) is 0.736. The minimum Gasteiger partial charge on any atom is -0.489 e. The van der Waals surface area contributed by atoms with Gasteiger partial charge in [0.15, 0.2) is 0 Å². The fourth-order valence-corrected chi connectivity index (χ4v) is 3.93. The lowest BCUT2D eigenvalue weighted by atomic mass is 9.90. The largest absolute Gasteiger partial charge is 0.489 e. The molecule has 1 saturated heterocycles. The molecule has 1 spiro atoms. The van der Waals surface area contributed by atoms with Crippen LogP contribution >= 0.6 is 0 Å². The number of carbonyl (C=O) groups excluding carboxylic acids is 1. The van der Waals surface area contributed by atoms with E-state index in [1.807, 2.05) is 63.2 Å². The molecule has 154 valence electrons. The minimum absolute atomic E-state index is 0.260. The first-order valence-corrected chi connectivity index (χ1v) is 10.3. The van der Waals surface area contributed by atoms with Crippen molar-refractivity contribution in [2.24, 2.45) is 0 Å². The van der Waals surface area contributed by atoms with E-state index in [2.05, 4.69) is 6.07 Å². The number of carbonyl (C=O) groups is 1. The van der Waals surface area contributed by atoms with E-state index in [0.29, 0.717) is 19.7 Å². The van der Waals surface area contributed by atoms with Crippen LogP contribution in [-0.4, -0.2) is 35.3 Å². The fraction of sp³-hybridized carbons (Fsp3) is 0.458. The van der Waals surface area contributed by atoms with Crippen molar-refractivity contribution in [2.75, 3.05) is 13.1 Å². The lowest BCUT2D eigenvalue weighted by Gasteiger charge is -2.35. The Morgan fingerprint density at radius 3 is 2.69 bits per heavy atom. The molecule has 0 saturated carbocycles. The van der Waals surface area contributed by atoms with Crippen LogP contribution in [0.4, 0.5) is 4.79 Å². The SMILES string of the molecule is CC(C)(C)OC(=O)N1CC[C@@]2(CCc3ccc(OCc4ccccc4)cc3O2)C1. The average molecular weight is 395 g/mol. The molecule has 4 rings (SSSR count). The van der Waals surface area contributed by atoms with Crippen molar-refractivity contribution in [1.82, 2.24) is 4.90 Å². The number of fused-ring (bicyclic) bond motifs is 1. The van der Waals surface area contributed by atoms with Crippen molar-refractivity contribution < 1.29 is 19.0 Å². The van der Waals surface area contributed by atoms with E-state index < -0.39 is 5.60 Å². The third-order valence-corrected chi connectivity index (χ3v) is 5.43. The van der Waals surface area contributed by atoms with Crippen LogP contribution in [0.25, 0.3) is 0 Å². The number of ether oxygens (including phenoxy) is 3. The number of benzene rings is 2. The third-order valence-electron chi connectivity index (χ3n) is 5.43. The van der Waals surface area contributed by atoms with Gasteiger partial charge < -0.3 is 19.1 Å². The molecule has 1 amide bonds. The van der Waals surface area contributed by atoms with E-state index in [4.69, 9.17) is 14.2 Å². The lowest BCUT2D eigenvalue weighted by Crippen LogP contribution is -2.44. The van der Waals surface area contributed by atoms with Gasteiger partial charge in [0.1, 0.15) is 29.3 Å². The van der Waals surface area contributed by atoms with Crippen LogP contribution in [0, 0.1) is 0 Å². The summed E-state index contributed by atoms with van der Waals surface area (Å²) >= 11 is 0. The molecule has 1 atom stereocenters. The second-order valence-electron chi connectivity index (χ2n) is 8.98. The summed E-state index contributed by atoms with van der Waals surface area (Å²) in [6, 6.07) is 16.2. The fourth-order valence-electron chi connectivity index (χ4n) is 3.93. The number of rotatable bonds is 3.